The second-order valence-electron chi connectivity index (χ2n) is 9.01. The molecule has 0 bridgehead atoms. The third-order valence-corrected chi connectivity index (χ3v) is 7.87. The maximum Gasteiger partial charge on any atom is 0.330 e. The lowest BCUT2D eigenvalue weighted by atomic mass is 10.0. The summed E-state index contributed by atoms with van der Waals surface area (Å²) in [5, 5.41) is 0. The van der Waals surface area contributed by atoms with E-state index in [0.717, 1.165) is 32.1 Å². The number of rotatable bonds is 25. The number of unbranched alkanes of at least 4 members (excludes halogenated alkanes) is 17. The SMILES string of the molecule is CCCCCCCCCCCCCCCCOP(=O)(CCCC)OCCCCCC. The quantitative estimate of drug-likeness (QED) is 0.103. The first-order chi connectivity index (χ1) is 14.7. The molecule has 0 heterocycles. The van der Waals surface area contributed by atoms with E-state index < -0.39 is 7.60 Å². The molecule has 0 aromatic rings. The van der Waals surface area contributed by atoms with Crippen molar-refractivity contribution in [2.45, 2.75) is 149 Å². The van der Waals surface area contributed by atoms with E-state index in [1.165, 1.54) is 96.3 Å². The van der Waals surface area contributed by atoms with Gasteiger partial charge in [-0.25, -0.2) is 0 Å². The van der Waals surface area contributed by atoms with Crippen molar-refractivity contribution in [3.05, 3.63) is 0 Å². The van der Waals surface area contributed by atoms with E-state index in [-0.39, 0.29) is 0 Å². The van der Waals surface area contributed by atoms with Gasteiger partial charge in [-0.05, 0) is 19.3 Å². The Morgan fingerprint density at radius 2 is 0.733 bits per heavy atom. The van der Waals surface area contributed by atoms with Crippen LogP contribution in [0, 0.1) is 0 Å². The maximum absolute atomic E-state index is 12.9. The molecule has 0 aliphatic heterocycles. The third-order valence-electron chi connectivity index (χ3n) is 5.86. The molecule has 4 heteroatoms. The fourth-order valence-corrected chi connectivity index (χ4v) is 5.60. The zero-order valence-corrected chi connectivity index (χ0v) is 21.8. The van der Waals surface area contributed by atoms with Gasteiger partial charge in [0, 0.05) is 0 Å². The third kappa shape index (κ3) is 21.4. The van der Waals surface area contributed by atoms with E-state index in [1.807, 2.05) is 0 Å². The van der Waals surface area contributed by atoms with E-state index >= 15 is 0 Å². The molecule has 0 radical (unpaired) electrons. The van der Waals surface area contributed by atoms with Crippen LogP contribution in [0.15, 0.2) is 0 Å². The second-order valence-corrected chi connectivity index (χ2v) is 11.2. The first-order valence-corrected chi connectivity index (χ1v) is 15.3. The topological polar surface area (TPSA) is 35.5 Å². The van der Waals surface area contributed by atoms with E-state index in [1.54, 1.807) is 0 Å². The Hall–Kier alpha value is 0.150. The highest BCUT2D eigenvalue weighted by molar-refractivity contribution is 7.53. The molecule has 0 fully saturated rings. The normalized spacial score (nSPS) is 13.6. The number of hydrogen-bond donors (Lipinski definition) is 0. The summed E-state index contributed by atoms with van der Waals surface area (Å²) >= 11 is 0. The lowest BCUT2D eigenvalue weighted by molar-refractivity contribution is 0.197. The Bertz CT molecular complexity index is 373. The van der Waals surface area contributed by atoms with Crippen LogP contribution in [0.25, 0.3) is 0 Å². The lowest BCUT2D eigenvalue weighted by Crippen LogP contribution is -2.03. The summed E-state index contributed by atoms with van der Waals surface area (Å²) < 4.78 is 24.4. The summed E-state index contributed by atoms with van der Waals surface area (Å²) in [6, 6.07) is 0. The summed E-state index contributed by atoms with van der Waals surface area (Å²) in [6.45, 7) is 7.78. The monoisotopic (exact) mass is 446 g/mol. The van der Waals surface area contributed by atoms with Crippen LogP contribution in [0.5, 0.6) is 0 Å². The minimum atomic E-state index is -2.87. The van der Waals surface area contributed by atoms with Crippen molar-refractivity contribution in [3.63, 3.8) is 0 Å². The van der Waals surface area contributed by atoms with Crippen molar-refractivity contribution in [2.24, 2.45) is 0 Å². The van der Waals surface area contributed by atoms with Gasteiger partial charge in [-0.1, -0.05) is 130 Å². The predicted molar refractivity (Wildman–Crippen MR) is 134 cm³/mol. The molecule has 0 aliphatic rings. The molecule has 0 aromatic carbocycles. The first kappa shape index (κ1) is 30.1. The van der Waals surface area contributed by atoms with E-state index in [2.05, 4.69) is 20.8 Å². The van der Waals surface area contributed by atoms with E-state index in [0.29, 0.717) is 19.4 Å². The average molecular weight is 447 g/mol. The summed E-state index contributed by atoms with van der Waals surface area (Å²) in [6.07, 6.45) is 26.0. The molecule has 0 aliphatic carbocycles. The Balaban J connectivity index is 3.57. The van der Waals surface area contributed by atoms with Crippen LogP contribution in [0.3, 0.4) is 0 Å². The van der Waals surface area contributed by atoms with Gasteiger partial charge in [0.05, 0.1) is 19.4 Å². The van der Waals surface area contributed by atoms with Gasteiger partial charge in [0.25, 0.3) is 0 Å². The fraction of sp³-hybridized carbons (Fsp3) is 1.00. The van der Waals surface area contributed by atoms with Crippen molar-refractivity contribution in [1.29, 1.82) is 0 Å². The first-order valence-electron chi connectivity index (χ1n) is 13.6. The standard InChI is InChI=1S/C26H55O3P/c1-4-7-10-12-13-14-15-16-17-18-19-20-21-23-25-29-30(27,26-9-6-3)28-24-22-11-8-5-2/h4-26H2,1-3H3. The minimum absolute atomic E-state index is 0.579. The second kappa shape index (κ2) is 23.8. The minimum Gasteiger partial charge on any atom is -0.309 e. The van der Waals surface area contributed by atoms with Crippen LogP contribution in [0.4, 0.5) is 0 Å². The molecule has 0 saturated heterocycles. The highest BCUT2D eigenvalue weighted by Crippen LogP contribution is 2.49. The maximum atomic E-state index is 12.9. The zero-order chi connectivity index (χ0) is 22.2. The molecule has 3 nitrogen and oxygen atoms in total. The molecule has 182 valence electrons. The van der Waals surface area contributed by atoms with Gasteiger partial charge in [0.2, 0.25) is 0 Å². The zero-order valence-electron chi connectivity index (χ0n) is 20.9. The Kier molecular flexibility index (Phi) is 23.9. The van der Waals surface area contributed by atoms with Gasteiger partial charge >= 0.3 is 7.60 Å². The molecule has 1 unspecified atom stereocenters. The van der Waals surface area contributed by atoms with Crippen LogP contribution in [-0.2, 0) is 13.6 Å². The van der Waals surface area contributed by atoms with Crippen LogP contribution in [0.2, 0.25) is 0 Å². The van der Waals surface area contributed by atoms with Gasteiger partial charge < -0.3 is 9.05 Å². The molecule has 0 spiro atoms. The van der Waals surface area contributed by atoms with Crippen molar-refractivity contribution in [1.82, 2.24) is 0 Å². The molecule has 0 N–H and O–H groups in total. The summed E-state index contributed by atoms with van der Waals surface area (Å²) in [5.74, 6) is 0. The summed E-state index contributed by atoms with van der Waals surface area (Å²) in [7, 11) is -2.87. The van der Waals surface area contributed by atoms with E-state index in [4.69, 9.17) is 9.05 Å². The Morgan fingerprint density at radius 1 is 0.433 bits per heavy atom. The average Bonchev–Trinajstić information content (AvgIpc) is 2.75. The fourth-order valence-electron chi connectivity index (χ4n) is 3.75. The van der Waals surface area contributed by atoms with Crippen molar-refractivity contribution >= 4 is 7.60 Å². The van der Waals surface area contributed by atoms with Crippen LogP contribution >= 0.6 is 7.60 Å². The number of hydrogen-bond acceptors (Lipinski definition) is 3. The van der Waals surface area contributed by atoms with Gasteiger partial charge in [-0.15, -0.1) is 0 Å². The largest absolute Gasteiger partial charge is 0.330 e. The van der Waals surface area contributed by atoms with Crippen molar-refractivity contribution in [2.75, 3.05) is 19.4 Å². The van der Waals surface area contributed by atoms with E-state index in [9.17, 15) is 4.57 Å². The van der Waals surface area contributed by atoms with Crippen LogP contribution < -0.4 is 0 Å². The van der Waals surface area contributed by atoms with Crippen LogP contribution in [0.1, 0.15) is 149 Å². The van der Waals surface area contributed by atoms with Crippen LogP contribution in [-0.4, -0.2) is 19.4 Å². The highest BCUT2D eigenvalue weighted by Gasteiger charge is 2.23. The Morgan fingerprint density at radius 3 is 1.10 bits per heavy atom. The molecule has 1 atom stereocenters. The molecular weight excluding hydrogens is 391 g/mol. The lowest BCUT2D eigenvalue weighted by Gasteiger charge is -2.18. The predicted octanol–water partition coefficient (Wildman–Crippen LogP) is 10.1. The summed E-state index contributed by atoms with van der Waals surface area (Å²) in [5.41, 5.74) is 0. The smallest absolute Gasteiger partial charge is 0.309 e. The van der Waals surface area contributed by atoms with Crippen molar-refractivity contribution < 1.29 is 13.6 Å². The molecule has 30 heavy (non-hydrogen) atoms. The molecule has 0 saturated carbocycles. The molecule has 0 aromatic heterocycles. The molecule has 0 rings (SSSR count). The van der Waals surface area contributed by atoms with Gasteiger partial charge in [-0.3, -0.25) is 4.57 Å². The highest BCUT2D eigenvalue weighted by atomic mass is 31.2. The van der Waals surface area contributed by atoms with Gasteiger partial charge in [0.15, 0.2) is 0 Å². The molecule has 0 amide bonds. The van der Waals surface area contributed by atoms with Gasteiger partial charge in [0.1, 0.15) is 0 Å². The van der Waals surface area contributed by atoms with Crippen molar-refractivity contribution in [3.8, 4) is 0 Å². The summed E-state index contributed by atoms with van der Waals surface area (Å²) in [4.78, 5) is 0. The Labute approximate surface area is 190 Å². The van der Waals surface area contributed by atoms with Gasteiger partial charge in [-0.2, -0.15) is 0 Å². The molecular formula is C26H55O3P.